The van der Waals surface area contributed by atoms with Crippen molar-refractivity contribution in [3.8, 4) is 0 Å². The number of pyridine rings is 1. The molecule has 1 heterocycles. The number of nitrogens with one attached hydrogen (secondary N) is 2. The molecule has 0 spiro atoms. The summed E-state index contributed by atoms with van der Waals surface area (Å²) >= 11 is 0. The Morgan fingerprint density at radius 3 is 2.15 bits per heavy atom. The van der Waals surface area contributed by atoms with E-state index in [0.29, 0.717) is 17.7 Å². The van der Waals surface area contributed by atoms with E-state index in [1.54, 1.807) is 6.07 Å². The fraction of sp³-hybridized carbons (Fsp3) is 0.381. The number of hydrogen-bond acceptors (Lipinski definition) is 4. The zero-order valence-corrected chi connectivity index (χ0v) is 16.5. The van der Waals surface area contributed by atoms with Crippen molar-refractivity contribution < 1.29 is 9.59 Å². The van der Waals surface area contributed by atoms with Crippen LogP contribution in [0.4, 0.5) is 5.69 Å². The van der Waals surface area contributed by atoms with Gasteiger partial charge in [-0.2, -0.15) is 0 Å². The van der Waals surface area contributed by atoms with Crippen LogP contribution >= 0.6 is 0 Å². The lowest BCUT2D eigenvalue weighted by Crippen LogP contribution is -2.31. The minimum Gasteiger partial charge on any atom is -0.351 e. The molecule has 1 aromatic carbocycles. The van der Waals surface area contributed by atoms with Gasteiger partial charge in [0, 0.05) is 31.2 Å². The summed E-state index contributed by atoms with van der Waals surface area (Å²) in [4.78, 5) is 31.0. The molecule has 0 radical (unpaired) electrons. The largest absolute Gasteiger partial charge is 0.351 e. The van der Waals surface area contributed by atoms with Crippen molar-refractivity contribution in [3.63, 3.8) is 0 Å². The van der Waals surface area contributed by atoms with Crippen molar-refractivity contribution in [2.45, 2.75) is 26.7 Å². The third-order valence-corrected chi connectivity index (χ3v) is 4.34. The maximum atomic E-state index is 12.7. The average Bonchev–Trinajstić information content (AvgIpc) is 2.67. The zero-order chi connectivity index (χ0) is 19.8. The van der Waals surface area contributed by atoms with E-state index in [-0.39, 0.29) is 11.8 Å². The molecule has 6 heteroatoms. The summed E-state index contributed by atoms with van der Waals surface area (Å²) in [6, 6.07) is 7.62. The lowest BCUT2D eigenvalue weighted by molar-refractivity contribution is 0.0950. The van der Waals surface area contributed by atoms with Crippen LogP contribution in [0, 0.1) is 0 Å². The van der Waals surface area contributed by atoms with Crippen LogP contribution in [0.1, 0.15) is 45.7 Å². The van der Waals surface area contributed by atoms with Crippen LogP contribution in [0.2, 0.25) is 0 Å². The number of nitrogens with zero attached hydrogens (tertiary/aromatic N) is 2. The molecule has 0 unspecified atom stereocenters. The minimum absolute atomic E-state index is 0.234. The molecular weight excluding hydrogens is 340 g/mol. The smallest absolute Gasteiger partial charge is 0.257 e. The fourth-order valence-electron chi connectivity index (χ4n) is 2.77. The number of hydrogen-bond donors (Lipinski definition) is 2. The average molecular weight is 368 g/mol. The molecule has 0 fully saturated rings. The quantitative estimate of drug-likeness (QED) is 0.751. The highest BCUT2D eigenvalue weighted by Gasteiger charge is 2.14. The summed E-state index contributed by atoms with van der Waals surface area (Å²) in [6.45, 7) is 5.40. The number of amides is 2. The predicted octanol–water partition coefficient (Wildman–Crippen LogP) is 2.75. The van der Waals surface area contributed by atoms with E-state index in [2.05, 4.69) is 29.5 Å². The Bertz CT molecular complexity index is 780. The molecular formula is C21H28N4O2. The second-order valence-corrected chi connectivity index (χ2v) is 6.63. The number of para-hydroxylation sites is 1. The molecule has 0 bridgehead atoms. The summed E-state index contributed by atoms with van der Waals surface area (Å²) in [6.07, 6.45) is 4.61. The van der Waals surface area contributed by atoms with E-state index in [0.717, 1.165) is 36.2 Å². The summed E-state index contributed by atoms with van der Waals surface area (Å²) in [7, 11) is 3.88. The Labute approximate surface area is 161 Å². The van der Waals surface area contributed by atoms with Crippen LogP contribution in [0.5, 0.6) is 0 Å². The molecule has 0 aliphatic rings. The van der Waals surface area contributed by atoms with Gasteiger partial charge in [-0.25, -0.2) is 0 Å². The number of carbonyl (C=O) groups excluding carboxylic acids is 2. The molecule has 27 heavy (non-hydrogen) atoms. The molecule has 2 rings (SSSR count). The van der Waals surface area contributed by atoms with E-state index in [4.69, 9.17) is 0 Å². The third kappa shape index (κ3) is 5.62. The summed E-state index contributed by atoms with van der Waals surface area (Å²) in [5, 5.41) is 5.83. The maximum absolute atomic E-state index is 12.7. The first-order valence-corrected chi connectivity index (χ1v) is 9.26. The Hall–Kier alpha value is -2.73. The van der Waals surface area contributed by atoms with Gasteiger partial charge < -0.3 is 15.5 Å². The van der Waals surface area contributed by atoms with Crippen molar-refractivity contribution in [3.05, 3.63) is 58.9 Å². The molecule has 0 saturated carbocycles. The predicted molar refractivity (Wildman–Crippen MR) is 108 cm³/mol. The Morgan fingerprint density at radius 2 is 1.59 bits per heavy atom. The fourth-order valence-corrected chi connectivity index (χ4v) is 2.77. The van der Waals surface area contributed by atoms with E-state index < -0.39 is 0 Å². The minimum atomic E-state index is -0.263. The van der Waals surface area contributed by atoms with Crippen LogP contribution in [-0.2, 0) is 12.8 Å². The number of aromatic nitrogens is 1. The van der Waals surface area contributed by atoms with Gasteiger partial charge in [-0.15, -0.1) is 0 Å². The standard InChI is InChI=1S/C21H28N4O2/c1-5-15-8-7-9-16(6-2)19(15)24-21(27)18-12-17(13-22-14-18)20(26)23-10-11-25(3)4/h7-9,12-14H,5-6,10-11H2,1-4H3,(H,23,26)(H,24,27). The van der Waals surface area contributed by atoms with Crippen LogP contribution in [-0.4, -0.2) is 48.9 Å². The molecule has 2 N–H and O–H groups in total. The first-order chi connectivity index (χ1) is 13.0. The molecule has 1 aromatic heterocycles. The van der Waals surface area contributed by atoms with Gasteiger partial charge in [0.25, 0.3) is 11.8 Å². The Morgan fingerprint density at radius 1 is 1.00 bits per heavy atom. The third-order valence-electron chi connectivity index (χ3n) is 4.34. The van der Waals surface area contributed by atoms with Gasteiger partial charge >= 0.3 is 0 Å². The Balaban J connectivity index is 2.15. The van der Waals surface area contributed by atoms with Gasteiger partial charge in [-0.1, -0.05) is 32.0 Å². The second-order valence-electron chi connectivity index (χ2n) is 6.63. The molecule has 0 saturated heterocycles. The molecule has 144 valence electrons. The number of rotatable bonds is 8. The van der Waals surface area contributed by atoms with Gasteiger partial charge in [0.1, 0.15) is 0 Å². The molecule has 0 aliphatic carbocycles. The van der Waals surface area contributed by atoms with E-state index >= 15 is 0 Å². The number of aryl methyl sites for hydroxylation is 2. The number of benzene rings is 1. The van der Waals surface area contributed by atoms with Crippen LogP contribution < -0.4 is 10.6 Å². The number of carbonyl (C=O) groups is 2. The number of likely N-dealkylation sites (N-methyl/N-ethyl adjacent to an activating group) is 1. The Kier molecular flexibility index (Phi) is 7.49. The van der Waals surface area contributed by atoms with Crippen molar-refractivity contribution in [1.29, 1.82) is 0 Å². The van der Waals surface area contributed by atoms with Crippen LogP contribution in [0.3, 0.4) is 0 Å². The molecule has 0 aliphatic heterocycles. The first kappa shape index (κ1) is 20.6. The van der Waals surface area contributed by atoms with Gasteiger partial charge in [0.15, 0.2) is 0 Å². The van der Waals surface area contributed by atoms with Crippen LogP contribution in [0.25, 0.3) is 0 Å². The summed E-state index contributed by atoms with van der Waals surface area (Å²) in [5.41, 5.74) is 3.78. The topological polar surface area (TPSA) is 74.3 Å². The summed E-state index contributed by atoms with van der Waals surface area (Å²) in [5.74, 6) is -0.497. The molecule has 2 aromatic rings. The lowest BCUT2D eigenvalue weighted by Gasteiger charge is -2.14. The highest BCUT2D eigenvalue weighted by Crippen LogP contribution is 2.23. The highest BCUT2D eigenvalue weighted by molar-refractivity contribution is 6.06. The van der Waals surface area contributed by atoms with Gasteiger partial charge in [-0.05, 0) is 44.1 Å². The first-order valence-electron chi connectivity index (χ1n) is 9.26. The highest BCUT2D eigenvalue weighted by atomic mass is 16.2. The maximum Gasteiger partial charge on any atom is 0.257 e. The lowest BCUT2D eigenvalue weighted by atomic mass is 10.0. The zero-order valence-electron chi connectivity index (χ0n) is 16.5. The van der Waals surface area contributed by atoms with Crippen molar-refractivity contribution >= 4 is 17.5 Å². The SMILES string of the molecule is CCc1cccc(CC)c1NC(=O)c1cncc(C(=O)NCCN(C)C)c1. The normalized spacial score (nSPS) is 10.7. The van der Waals surface area contributed by atoms with E-state index in [1.165, 1.54) is 12.4 Å². The number of anilines is 1. The van der Waals surface area contributed by atoms with Gasteiger partial charge in [0.05, 0.1) is 11.1 Å². The van der Waals surface area contributed by atoms with Gasteiger partial charge in [-0.3, -0.25) is 14.6 Å². The van der Waals surface area contributed by atoms with E-state index in [1.807, 2.05) is 37.2 Å². The summed E-state index contributed by atoms with van der Waals surface area (Å²) < 4.78 is 0. The molecule has 2 amide bonds. The van der Waals surface area contributed by atoms with E-state index in [9.17, 15) is 9.59 Å². The van der Waals surface area contributed by atoms with Crippen molar-refractivity contribution in [1.82, 2.24) is 15.2 Å². The van der Waals surface area contributed by atoms with Crippen molar-refractivity contribution in [2.75, 3.05) is 32.5 Å². The molecule has 0 atom stereocenters. The second kappa shape index (κ2) is 9.83. The van der Waals surface area contributed by atoms with Crippen molar-refractivity contribution in [2.24, 2.45) is 0 Å². The van der Waals surface area contributed by atoms with Crippen LogP contribution in [0.15, 0.2) is 36.7 Å². The molecule has 6 nitrogen and oxygen atoms in total. The van der Waals surface area contributed by atoms with Gasteiger partial charge in [0.2, 0.25) is 0 Å². The monoisotopic (exact) mass is 368 g/mol.